The van der Waals surface area contributed by atoms with Gasteiger partial charge in [0.05, 0.1) is 28.3 Å². The number of fused-ring (bicyclic) bond motifs is 1. The van der Waals surface area contributed by atoms with Gasteiger partial charge in [0.25, 0.3) is 5.91 Å². The Morgan fingerprint density at radius 2 is 1.97 bits per heavy atom. The van der Waals surface area contributed by atoms with Gasteiger partial charge in [-0.15, -0.1) is 11.3 Å². The highest BCUT2D eigenvalue weighted by Gasteiger charge is 2.27. The van der Waals surface area contributed by atoms with E-state index in [1.54, 1.807) is 17.0 Å². The normalized spacial score (nSPS) is 14.3. The molecule has 192 valence electrons. The van der Waals surface area contributed by atoms with E-state index in [2.05, 4.69) is 10.5 Å². The van der Waals surface area contributed by atoms with Crippen LogP contribution in [0.2, 0.25) is 4.34 Å². The van der Waals surface area contributed by atoms with Gasteiger partial charge in [-0.2, -0.15) is 0 Å². The Kier molecular flexibility index (Phi) is 7.40. The zero-order valence-electron chi connectivity index (χ0n) is 20.0. The molecule has 1 aromatic carbocycles. The fourth-order valence-corrected chi connectivity index (χ4v) is 5.51. The Labute approximate surface area is 222 Å². The van der Waals surface area contributed by atoms with Crippen LogP contribution in [0.15, 0.2) is 53.1 Å². The van der Waals surface area contributed by atoms with Gasteiger partial charge in [-0.05, 0) is 37.1 Å². The second kappa shape index (κ2) is 10.9. The molecule has 1 saturated heterocycles. The summed E-state index contributed by atoms with van der Waals surface area (Å²) in [7, 11) is 0. The molecule has 1 atom stereocenters. The highest BCUT2D eigenvalue weighted by Crippen LogP contribution is 2.32. The standard InChI is InChI=1S/C26H26ClN5O4S/c27-24-8-7-23(37-24)22-12-17(30-36-22)15-32-20-6-2-1-5-16(20)11-21(32)25(34)29-14-18(33)13-19(28)26(35)31-9-3-4-10-31/h1-2,5-8,11-12,18,28,33H,3-4,9-10,13-15H2,(H,29,34)/p+1. The molecule has 0 bridgehead atoms. The fourth-order valence-electron chi connectivity index (χ4n) is 4.52. The molecule has 0 saturated carbocycles. The largest absolute Gasteiger partial charge is 0.391 e. The molecule has 1 aliphatic rings. The third-order valence-corrected chi connectivity index (χ3v) is 7.61. The number of aliphatic hydroxyl groups is 1. The van der Waals surface area contributed by atoms with Crippen LogP contribution in [0.3, 0.4) is 0 Å². The van der Waals surface area contributed by atoms with E-state index in [4.69, 9.17) is 21.5 Å². The molecular formula is C26H27ClN5O4S+. The van der Waals surface area contributed by atoms with Gasteiger partial charge in [-0.3, -0.25) is 15.0 Å². The molecule has 37 heavy (non-hydrogen) atoms. The topological polar surface area (TPSA) is 126 Å². The summed E-state index contributed by atoms with van der Waals surface area (Å²) in [5, 5.41) is 24.2. The number of hydrogen-bond acceptors (Lipinski definition) is 6. The zero-order valence-corrected chi connectivity index (χ0v) is 21.6. The van der Waals surface area contributed by atoms with Crippen molar-refractivity contribution in [2.45, 2.75) is 31.9 Å². The first-order chi connectivity index (χ1) is 17.9. The van der Waals surface area contributed by atoms with Crippen molar-refractivity contribution in [3.05, 3.63) is 64.3 Å². The molecule has 1 aliphatic heterocycles. The number of nitrogens with two attached hydrogens (primary N) is 1. The van der Waals surface area contributed by atoms with Crippen molar-refractivity contribution in [3.8, 4) is 10.6 Å². The summed E-state index contributed by atoms with van der Waals surface area (Å²) >= 11 is 7.44. The van der Waals surface area contributed by atoms with Crippen LogP contribution in [-0.2, 0) is 11.3 Å². The van der Waals surface area contributed by atoms with Crippen molar-refractivity contribution in [3.63, 3.8) is 0 Å². The van der Waals surface area contributed by atoms with Crippen molar-refractivity contribution in [1.29, 1.82) is 0 Å². The van der Waals surface area contributed by atoms with Crippen molar-refractivity contribution < 1.29 is 24.6 Å². The summed E-state index contributed by atoms with van der Waals surface area (Å²) in [6, 6.07) is 15.0. The van der Waals surface area contributed by atoms with E-state index in [0.717, 1.165) is 28.6 Å². The lowest BCUT2D eigenvalue weighted by atomic mass is 10.1. The summed E-state index contributed by atoms with van der Waals surface area (Å²) in [6.07, 6.45) is 0.935. The molecule has 11 heteroatoms. The number of nitrogens with zero attached hydrogens (tertiary/aromatic N) is 3. The van der Waals surface area contributed by atoms with Crippen molar-refractivity contribution in [2.75, 3.05) is 19.6 Å². The molecule has 0 aliphatic carbocycles. The first kappa shape index (κ1) is 25.2. The third-order valence-electron chi connectivity index (χ3n) is 6.36. The Hall–Kier alpha value is -3.47. The van der Waals surface area contributed by atoms with Crippen molar-refractivity contribution in [2.24, 2.45) is 0 Å². The monoisotopic (exact) mass is 540 g/mol. The third kappa shape index (κ3) is 5.61. The maximum atomic E-state index is 13.2. The lowest BCUT2D eigenvalue weighted by Crippen LogP contribution is -2.52. The van der Waals surface area contributed by atoms with Crippen LogP contribution in [0.25, 0.3) is 21.5 Å². The molecule has 1 unspecified atom stereocenters. The Bertz CT molecular complexity index is 1450. The smallest absolute Gasteiger partial charge is 0.313 e. The number of amides is 2. The molecule has 3 aromatic heterocycles. The van der Waals surface area contributed by atoms with Crippen LogP contribution in [0.4, 0.5) is 0 Å². The summed E-state index contributed by atoms with van der Waals surface area (Å²) < 4.78 is 8.02. The average molecular weight is 541 g/mol. The number of aliphatic hydroxyl groups excluding tert-OH is 1. The highest BCUT2D eigenvalue weighted by molar-refractivity contribution is 7.19. The molecule has 4 heterocycles. The second-order valence-corrected chi connectivity index (χ2v) is 10.8. The Morgan fingerprint density at radius 3 is 2.73 bits per heavy atom. The zero-order chi connectivity index (χ0) is 25.9. The van der Waals surface area contributed by atoms with Gasteiger partial charge >= 0.3 is 5.91 Å². The maximum absolute atomic E-state index is 13.2. The number of para-hydroxylation sites is 1. The molecule has 4 N–H and O–H groups in total. The lowest BCUT2D eigenvalue weighted by Gasteiger charge is -2.15. The van der Waals surface area contributed by atoms with E-state index in [-0.39, 0.29) is 30.5 Å². The summed E-state index contributed by atoms with van der Waals surface area (Å²) in [5.74, 6) is 0.0167. The predicted molar refractivity (Wildman–Crippen MR) is 142 cm³/mol. The number of carbonyl (C=O) groups is 2. The van der Waals surface area contributed by atoms with Crippen LogP contribution in [0.1, 0.15) is 35.4 Å². The minimum absolute atomic E-state index is 0.00689. The number of aromatic nitrogens is 2. The molecule has 0 radical (unpaired) electrons. The number of benzene rings is 1. The number of halogens is 1. The molecule has 0 spiro atoms. The summed E-state index contributed by atoms with van der Waals surface area (Å²) in [5.41, 5.74) is 2.04. The van der Waals surface area contributed by atoms with Gasteiger partial charge in [-0.25, -0.2) is 0 Å². The van der Waals surface area contributed by atoms with Gasteiger partial charge in [-0.1, -0.05) is 35.0 Å². The van der Waals surface area contributed by atoms with E-state index in [1.165, 1.54) is 11.3 Å². The van der Waals surface area contributed by atoms with E-state index in [0.29, 0.717) is 41.1 Å². The fraction of sp³-hybridized carbons (Fsp3) is 0.308. The van der Waals surface area contributed by atoms with Gasteiger partial charge < -0.3 is 24.4 Å². The van der Waals surface area contributed by atoms with Crippen LogP contribution < -0.4 is 10.7 Å². The second-order valence-electron chi connectivity index (χ2n) is 9.05. The molecular weight excluding hydrogens is 514 g/mol. The summed E-state index contributed by atoms with van der Waals surface area (Å²) in [6.45, 7) is 1.64. The SMILES string of the molecule is [NH2+]=C(CC(O)CNC(=O)c1cc2ccccc2n1Cc1cc(-c2ccc(Cl)s2)on1)C(=O)N1CCCC1. The van der Waals surface area contributed by atoms with E-state index in [9.17, 15) is 14.7 Å². The Balaban J connectivity index is 1.28. The van der Waals surface area contributed by atoms with Crippen molar-refractivity contribution >= 4 is 51.4 Å². The van der Waals surface area contributed by atoms with Crippen LogP contribution >= 0.6 is 22.9 Å². The highest BCUT2D eigenvalue weighted by atomic mass is 35.5. The molecule has 5 rings (SSSR count). The van der Waals surface area contributed by atoms with E-state index < -0.39 is 6.10 Å². The maximum Gasteiger partial charge on any atom is 0.313 e. The number of rotatable bonds is 9. The molecule has 1 fully saturated rings. The predicted octanol–water partition coefficient (Wildman–Crippen LogP) is 2.36. The average Bonchev–Trinajstić information content (AvgIpc) is 3.69. The number of nitrogens with one attached hydrogen (secondary N) is 1. The van der Waals surface area contributed by atoms with Crippen LogP contribution in [0, 0.1) is 0 Å². The molecule has 4 aromatic rings. The number of thiophene rings is 1. The number of carbonyl (C=O) groups excluding carboxylic acids is 2. The van der Waals surface area contributed by atoms with Gasteiger partial charge in [0.15, 0.2) is 5.76 Å². The number of hydrogen-bond donors (Lipinski definition) is 3. The minimum Gasteiger partial charge on any atom is -0.391 e. The molecule has 2 amide bonds. The van der Waals surface area contributed by atoms with E-state index >= 15 is 0 Å². The first-order valence-electron chi connectivity index (χ1n) is 12.1. The van der Waals surface area contributed by atoms with Gasteiger partial charge in [0.1, 0.15) is 11.4 Å². The minimum atomic E-state index is -0.982. The molecule has 9 nitrogen and oxygen atoms in total. The van der Waals surface area contributed by atoms with Gasteiger partial charge in [0.2, 0.25) is 5.71 Å². The van der Waals surface area contributed by atoms with Crippen LogP contribution in [-0.4, -0.2) is 63.0 Å². The Morgan fingerprint density at radius 1 is 1.19 bits per heavy atom. The van der Waals surface area contributed by atoms with E-state index in [1.807, 2.05) is 41.0 Å². The quantitative estimate of drug-likeness (QED) is 0.281. The number of likely N-dealkylation sites (tertiary alicyclic amines) is 1. The van der Waals surface area contributed by atoms with Gasteiger partial charge in [0, 0.05) is 36.6 Å². The van der Waals surface area contributed by atoms with Crippen LogP contribution in [0.5, 0.6) is 0 Å². The summed E-state index contributed by atoms with van der Waals surface area (Å²) in [4.78, 5) is 28.1. The lowest BCUT2D eigenvalue weighted by molar-refractivity contribution is -0.144. The first-order valence-corrected chi connectivity index (χ1v) is 13.2. The van der Waals surface area contributed by atoms with Crippen molar-refractivity contribution in [1.82, 2.24) is 19.9 Å².